The fourth-order valence-corrected chi connectivity index (χ4v) is 11.8. The summed E-state index contributed by atoms with van der Waals surface area (Å²) >= 11 is 3.64. The van der Waals surface area contributed by atoms with Crippen LogP contribution < -0.4 is 51.7 Å². The largest absolute Gasteiger partial charge is 0.458 e. The first kappa shape index (κ1) is 37.6. The van der Waals surface area contributed by atoms with Crippen LogP contribution in [0.5, 0.6) is 46.0 Å². The van der Waals surface area contributed by atoms with E-state index >= 15 is 0 Å². The SMILES string of the molecule is CCCCc1ccc(Oc2cc3c4c(c2)Sc2cc5c(cc2B4c2ccc(C)cc2O3)B2c3ccc(C)cc3Oc3cc(Oc4ccc(CCCC)cc4)cc(c32)S5)cc1. The molecule has 294 valence electrons. The molecule has 0 saturated carbocycles. The smallest absolute Gasteiger partial charge is 0.253 e. The van der Waals surface area contributed by atoms with Gasteiger partial charge in [0.25, 0.3) is 13.4 Å². The van der Waals surface area contributed by atoms with Gasteiger partial charge in [0.05, 0.1) is 0 Å². The molecule has 0 aromatic heterocycles. The summed E-state index contributed by atoms with van der Waals surface area (Å²) in [5.41, 5.74) is 12.4. The van der Waals surface area contributed by atoms with Crippen LogP contribution in [0.2, 0.25) is 0 Å². The summed E-state index contributed by atoms with van der Waals surface area (Å²) in [5, 5.41) is 0. The fraction of sp³-hybridized carbons (Fsp3) is 0.192. The lowest BCUT2D eigenvalue weighted by atomic mass is 9.32. The molecule has 0 aliphatic carbocycles. The van der Waals surface area contributed by atoms with E-state index in [1.165, 1.54) is 90.5 Å². The predicted octanol–water partition coefficient (Wildman–Crippen LogP) is 10.7. The minimum atomic E-state index is 0.0140. The molecule has 0 N–H and O–H groups in total. The topological polar surface area (TPSA) is 36.9 Å². The Hall–Kier alpha value is -5.43. The van der Waals surface area contributed by atoms with Gasteiger partial charge in [0.2, 0.25) is 0 Å². The highest BCUT2D eigenvalue weighted by Gasteiger charge is 2.44. The maximum atomic E-state index is 6.80. The summed E-state index contributed by atoms with van der Waals surface area (Å²) < 4.78 is 26.7. The molecule has 0 unspecified atom stereocenters. The van der Waals surface area contributed by atoms with Crippen LogP contribution in [0, 0.1) is 13.8 Å². The summed E-state index contributed by atoms with van der Waals surface area (Å²) in [6.45, 7) is 8.76. The number of rotatable bonds is 10. The molecule has 7 aromatic carbocycles. The molecule has 4 nitrogen and oxygen atoms in total. The van der Waals surface area contributed by atoms with Gasteiger partial charge in [0.15, 0.2) is 0 Å². The van der Waals surface area contributed by atoms with Gasteiger partial charge < -0.3 is 18.9 Å². The highest BCUT2D eigenvalue weighted by molar-refractivity contribution is 8.01. The minimum absolute atomic E-state index is 0.0140. The molecular formula is C52H44B2O4S2. The zero-order valence-corrected chi connectivity index (χ0v) is 36.0. The summed E-state index contributed by atoms with van der Waals surface area (Å²) in [5.74, 6) is 6.75. The van der Waals surface area contributed by atoms with Gasteiger partial charge in [-0.2, -0.15) is 0 Å². The van der Waals surface area contributed by atoms with Crippen molar-refractivity contribution in [2.24, 2.45) is 0 Å². The first-order valence-corrected chi connectivity index (χ1v) is 23.0. The maximum Gasteiger partial charge on any atom is 0.253 e. The van der Waals surface area contributed by atoms with Gasteiger partial charge >= 0.3 is 0 Å². The lowest BCUT2D eigenvalue weighted by Gasteiger charge is -2.37. The van der Waals surface area contributed by atoms with Crippen molar-refractivity contribution in [2.45, 2.75) is 85.8 Å². The molecule has 0 bridgehead atoms. The molecule has 0 spiro atoms. The monoisotopic (exact) mass is 818 g/mol. The maximum absolute atomic E-state index is 6.80. The Balaban J connectivity index is 1.01. The first-order chi connectivity index (χ1) is 29.4. The van der Waals surface area contributed by atoms with Crippen LogP contribution in [-0.4, -0.2) is 13.4 Å². The van der Waals surface area contributed by atoms with Crippen LogP contribution >= 0.6 is 23.5 Å². The molecular weight excluding hydrogens is 774 g/mol. The van der Waals surface area contributed by atoms with Gasteiger partial charge in [-0.15, -0.1) is 0 Å². The molecule has 4 aliphatic heterocycles. The molecule has 4 aliphatic rings. The second kappa shape index (κ2) is 15.2. The third-order valence-corrected chi connectivity index (χ3v) is 14.6. The van der Waals surface area contributed by atoms with Crippen molar-refractivity contribution in [1.82, 2.24) is 0 Å². The third kappa shape index (κ3) is 6.69. The average molecular weight is 819 g/mol. The summed E-state index contributed by atoms with van der Waals surface area (Å²) in [6, 6.07) is 43.9. The molecule has 7 aromatic rings. The number of hydrogen-bond acceptors (Lipinski definition) is 6. The predicted molar refractivity (Wildman–Crippen MR) is 250 cm³/mol. The van der Waals surface area contributed by atoms with Crippen molar-refractivity contribution >= 4 is 69.7 Å². The molecule has 0 amide bonds. The number of ether oxygens (including phenoxy) is 4. The van der Waals surface area contributed by atoms with Crippen LogP contribution in [-0.2, 0) is 12.8 Å². The van der Waals surface area contributed by atoms with Crippen molar-refractivity contribution in [1.29, 1.82) is 0 Å². The highest BCUT2D eigenvalue weighted by atomic mass is 32.2. The molecule has 11 rings (SSSR count). The van der Waals surface area contributed by atoms with Crippen LogP contribution in [0.4, 0.5) is 0 Å². The Morgan fingerprint density at radius 3 is 1.32 bits per heavy atom. The van der Waals surface area contributed by atoms with Crippen molar-refractivity contribution in [3.8, 4) is 46.0 Å². The van der Waals surface area contributed by atoms with Crippen molar-refractivity contribution in [3.05, 3.63) is 144 Å². The van der Waals surface area contributed by atoms with Gasteiger partial charge in [-0.1, -0.05) is 116 Å². The number of unbranched alkanes of at least 4 members (excludes halogenated alkanes) is 2. The normalized spacial score (nSPS) is 13.5. The molecule has 0 fully saturated rings. The van der Waals surface area contributed by atoms with Crippen molar-refractivity contribution < 1.29 is 18.9 Å². The fourth-order valence-electron chi connectivity index (χ4n) is 9.25. The molecule has 8 heteroatoms. The Morgan fingerprint density at radius 1 is 0.433 bits per heavy atom. The third-order valence-electron chi connectivity index (χ3n) is 12.3. The van der Waals surface area contributed by atoms with Crippen molar-refractivity contribution in [2.75, 3.05) is 0 Å². The van der Waals surface area contributed by atoms with Gasteiger partial charge in [-0.25, -0.2) is 0 Å². The Morgan fingerprint density at radius 2 is 0.883 bits per heavy atom. The molecule has 0 radical (unpaired) electrons. The lowest BCUT2D eigenvalue weighted by molar-refractivity contribution is 0.460. The van der Waals surface area contributed by atoms with E-state index in [1.807, 2.05) is 23.5 Å². The van der Waals surface area contributed by atoms with Gasteiger partial charge in [0.1, 0.15) is 46.0 Å². The Labute approximate surface area is 362 Å². The van der Waals surface area contributed by atoms with E-state index in [1.54, 1.807) is 0 Å². The van der Waals surface area contributed by atoms with E-state index < -0.39 is 0 Å². The summed E-state index contributed by atoms with van der Waals surface area (Å²) in [7, 11) is 0. The van der Waals surface area contributed by atoms with E-state index in [-0.39, 0.29) is 13.4 Å². The highest BCUT2D eigenvalue weighted by Crippen LogP contribution is 2.45. The summed E-state index contributed by atoms with van der Waals surface area (Å²) in [6.07, 6.45) is 6.92. The lowest BCUT2D eigenvalue weighted by Crippen LogP contribution is -2.62. The van der Waals surface area contributed by atoms with Gasteiger partial charge in [-0.3, -0.25) is 0 Å². The van der Waals surface area contributed by atoms with Crippen LogP contribution in [0.1, 0.15) is 61.8 Å². The van der Waals surface area contributed by atoms with E-state index in [0.717, 1.165) is 68.6 Å². The Kier molecular flexibility index (Phi) is 9.54. The van der Waals surface area contributed by atoms with Crippen LogP contribution in [0.3, 0.4) is 0 Å². The zero-order chi connectivity index (χ0) is 40.5. The zero-order valence-electron chi connectivity index (χ0n) is 34.4. The van der Waals surface area contributed by atoms with E-state index in [0.29, 0.717) is 0 Å². The molecule has 60 heavy (non-hydrogen) atoms. The first-order valence-electron chi connectivity index (χ1n) is 21.4. The van der Waals surface area contributed by atoms with E-state index in [4.69, 9.17) is 18.9 Å². The molecule has 4 heterocycles. The Bertz CT molecular complexity index is 2650. The van der Waals surface area contributed by atoms with Gasteiger partial charge in [-0.05, 0) is 138 Å². The molecule has 0 atom stereocenters. The number of fused-ring (bicyclic) bond motifs is 8. The standard InChI is InChI=1S/C52H44B2O4S2/c1-5-7-9-33-13-17-35(18-14-33)55-37-25-45-51-49(27-37)59-47-30-48-42(29-41(47)53(51)39-21-11-31(3)23-43(39)57-45)54-40-22-12-32(4)24-44(40)58-46-26-38(28-50(60-48)52(46)54)56-36-19-15-34(16-20-36)10-8-6-2/h11-30H,5-10H2,1-4H3. The van der Waals surface area contributed by atoms with Gasteiger partial charge in [0, 0.05) is 31.7 Å². The van der Waals surface area contributed by atoms with E-state index in [2.05, 4.69) is 149 Å². The average Bonchev–Trinajstić information content (AvgIpc) is 3.24. The number of hydrogen-bond donors (Lipinski definition) is 0. The molecule has 0 saturated heterocycles. The number of aryl methyl sites for hydroxylation is 4. The second-order valence-electron chi connectivity index (χ2n) is 16.7. The quantitative estimate of drug-likeness (QED) is 0.128. The van der Waals surface area contributed by atoms with E-state index in [9.17, 15) is 0 Å². The number of benzene rings is 7. The summed E-state index contributed by atoms with van der Waals surface area (Å²) in [4.78, 5) is 4.84. The van der Waals surface area contributed by atoms with Crippen LogP contribution in [0.15, 0.2) is 141 Å². The van der Waals surface area contributed by atoms with Crippen LogP contribution in [0.25, 0.3) is 0 Å². The van der Waals surface area contributed by atoms with Crippen molar-refractivity contribution in [3.63, 3.8) is 0 Å². The second-order valence-corrected chi connectivity index (χ2v) is 18.8. The minimum Gasteiger partial charge on any atom is -0.458 e.